The van der Waals surface area contributed by atoms with Crippen molar-refractivity contribution in [2.24, 2.45) is 0 Å². The van der Waals surface area contributed by atoms with E-state index in [-0.39, 0.29) is 34.7 Å². The monoisotopic (exact) mass is 339 g/mol. The van der Waals surface area contributed by atoms with Crippen LogP contribution in [0.2, 0.25) is 0 Å². The summed E-state index contributed by atoms with van der Waals surface area (Å²) in [5, 5.41) is 38.2. The molecule has 0 aliphatic heterocycles. The number of hydrogen-bond acceptors (Lipinski definition) is 8. The first-order valence-corrected chi connectivity index (χ1v) is 7.05. The van der Waals surface area contributed by atoms with E-state index in [1.54, 1.807) is 12.1 Å². The van der Waals surface area contributed by atoms with Crippen LogP contribution in [0.3, 0.4) is 0 Å². The van der Waals surface area contributed by atoms with Crippen molar-refractivity contribution in [1.29, 1.82) is 0 Å². The Labute approximate surface area is 138 Å². The van der Waals surface area contributed by atoms with Gasteiger partial charge in [-0.05, 0) is 24.3 Å². The zero-order valence-electron chi connectivity index (χ0n) is 12.4. The zero-order chi connectivity index (χ0) is 17.6. The first-order chi connectivity index (χ1) is 12.0. The molecule has 2 heterocycles. The Hall–Kier alpha value is -3.88. The van der Waals surface area contributed by atoms with Crippen molar-refractivity contribution in [2.75, 3.05) is 0 Å². The molecular weight excluding hydrogens is 330 g/mol. The fourth-order valence-corrected chi connectivity index (χ4v) is 2.40. The summed E-state index contributed by atoms with van der Waals surface area (Å²) in [6.07, 6.45) is 0. The van der Waals surface area contributed by atoms with Gasteiger partial charge in [0.05, 0.1) is 11.0 Å². The number of aromatic nitrogens is 2. The Balaban J connectivity index is 1.74. The highest BCUT2D eigenvalue weighted by atomic mass is 16.6. The molecule has 9 nitrogen and oxygen atoms in total. The molecule has 9 heteroatoms. The molecule has 0 aliphatic carbocycles. The second-order valence-electron chi connectivity index (χ2n) is 5.24. The number of nitro groups is 1. The zero-order valence-corrected chi connectivity index (χ0v) is 12.4. The Morgan fingerprint density at radius 2 is 1.64 bits per heavy atom. The molecule has 0 aliphatic rings. The quantitative estimate of drug-likeness (QED) is 0.428. The highest BCUT2D eigenvalue weighted by Gasteiger charge is 2.17. The lowest BCUT2D eigenvalue weighted by atomic mass is 10.2. The topological polar surface area (TPSA) is 136 Å². The largest absolute Gasteiger partial charge is 0.508 e. The molecule has 0 radical (unpaired) electrons. The van der Waals surface area contributed by atoms with Gasteiger partial charge in [-0.15, -0.1) is 10.2 Å². The van der Waals surface area contributed by atoms with Gasteiger partial charge >= 0.3 is 0 Å². The predicted molar refractivity (Wildman–Crippen MR) is 84.9 cm³/mol. The van der Waals surface area contributed by atoms with Crippen LogP contribution < -0.4 is 0 Å². The van der Waals surface area contributed by atoms with Crippen LogP contribution in [0.4, 0.5) is 5.69 Å². The minimum Gasteiger partial charge on any atom is -0.508 e. The Morgan fingerprint density at radius 1 is 0.920 bits per heavy atom. The van der Waals surface area contributed by atoms with Gasteiger partial charge in [0.2, 0.25) is 5.89 Å². The number of fused-ring (bicyclic) bond motifs is 1. The molecule has 0 saturated carbocycles. The molecule has 0 atom stereocenters. The van der Waals surface area contributed by atoms with Gasteiger partial charge in [-0.2, -0.15) is 0 Å². The third-order valence-corrected chi connectivity index (χ3v) is 3.50. The van der Waals surface area contributed by atoms with Crippen LogP contribution in [0, 0.1) is 10.1 Å². The third kappa shape index (κ3) is 2.63. The molecule has 0 amide bonds. The van der Waals surface area contributed by atoms with Crippen molar-refractivity contribution >= 4 is 16.7 Å². The maximum atomic E-state index is 10.8. The molecule has 124 valence electrons. The van der Waals surface area contributed by atoms with Crippen LogP contribution in [-0.2, 0) is 0 Å². The summed E-state index contributed by atoms with van der Waals surface area (Å²) < 4.78 is 11.0. The molecule has 0 fully saturated rings. The molecule has 0 spiro atoms. The summed E-state index contributed by atoms with van der Waals surface area (Å²) in [5.41, 5.74) is 0.566. The molecule has 25 heavy (non-hydrogen) atoms. The van der Waals surface area contributed by atoms with Crippen molar-refractivity contribution < 1.29 is 24.0 Å². The first-order valence-electron chi connectivity index (χ1n) is 7.05. The molecule has 2 N–H and O–H groups in total. The Morgan fingerprint density at radius 3 is 2.36 bits per heavy atom. The number of nitro benzene ring substituents is 1. The van der Waals surface area contributed by atoms with Gasteiger partial charge in [-0.3, -0.25) is 10.1 Å². The van der Waals surface area contributed by atoms with E-state index in [1.165, 1.54) is 30.3 Å². The van der Waals surface area contributed by atoms with Gasteiger partial charge in [-0.25, -0.2) is 0 Å². The first kappa shape index (κ1) is 14.7. The number of phenols is 2. The lowest BCUT2D eigenvalue weighted by Gasteiger charge is -1.98. The Kier molecular flexibility index (Phi) is 3.14. The van der Waals surface area contributed by atoms with Gasteiger partial charge in [-0.1, -0.05) is 0 Å². The van der Waals surface area contributed by atoms with E-state index in [0.29, 0.717) is 16.5 Å². The lowest BCUT2D eigenvalue weighted by Crippen LogP contribution is -1.85. The summed E-state index contributed by atoms with van der Waals surface area (Å²) in [6.45, 7) is 0. The van der Waals surface area contributed by atoms with Crippen molar-refractivity contribution in [3.63, 3.8) is 0 Å². The highest BCUT2D eigenvalue weighted by Crippen LogP contribution is 2.32. The SMILES string of the molecule is O=[N+]([O-])c1ccc2cc(-c3nnc(-c4cc(O)cc(O)c4)o3)oc2c1. The minimum atomic E-state index is -0.513. The summed E-state index contributed by atoms with van der Waals surface area (Å²) in [7, 11) is 0. The molecular formula is C16H9N3O6. The van der Waals surface area contributed by atoms with E-state index < -0.39 is 4.92 Å². The number of benzene rings is 2. The molecule has 2 aromatic carbocycles. The number of phenolic OH excluding ortho intramolecular Hbond substituents is 2. The normalized spacial score (nSPS) is 11.0. The van der Waals surface area contributed by atoms with Crippen molar-refractivity contribution in [3.8, 4) is 34.6 Å². The van der Waals surface area contributed by atoms with Crippen LogP contribution in [-0.4, -0.2) is 25.3 Å². The van der Waals surface area contributed by atoms with Crippen LogP contribution in [0.15, 0.2) is 51.3 Å². The van der Waals surface area contributed by atoms with Crippen LogP contribution in [0.5, 0.6) is 11.5 Å². The Bertz CT molecular complexity index is 1090. The maximum Gasteiger partial charge on any atom is 0.283 e. The van der Waals surface area contributed by atoms with Gasteiger partial charge in [0.25, 0.3) is 11.6 Å². The number of aromatic hydroxyl groups is 2. The molecule has 0 saturated heterocycles. The van der Waals surface area contributed by atoms with Gasteiger partial charge in [0.15, 0.2) is 5.76 Å². The average molecular weight is 339 g/mol. The number of rotatable bonds is 3. The molecule has 4 rings (SSSR count). The molecule has 4 aromatic rings. The molecule has 0 bridgehead atoms. The summed E-state index contributed by atoms with van der Waals surface area (Å²) in [5.74, 6) is 0.0968. The van der Waals surface area contributed by atoms with Crippen molar-refractivity contribution in [3.05, 3.63) is 52.6 Å². The summed E-state index contributed by atoms with van der Waals surface area (Å²) in [6, 6.07) is 9.76. The number of nitrogens with zero attached hydrogens (tertiary/aromatic N) is 3. The number of hydrogen-bond donors (Lipinski definition) is 2. The fraction of sp³-hybridized carbons (Fsp3) is 0. The van der Waals surface area contributed by atoms with Crippen molar-refractivity contribution in [2.45, 2.75) is 0 Å². The fourth-order valence-electron chi connectivity index (χ4n) is 2.40. The maximum absolute atomic E-state index is 10.8. The lowest BCUT2D eigenvalue weighted by molar-refractivity contribution is -0.384. The van der Waals surface area contributed by atoms with Crippen molar-refractivity contribution in [1.82, 2.24) is 10.2 Å². The van der Waals surface area contributed by atoms with Gasteiger partial charge in [0.1, 0.15) is 17.1 Å². The van der Waals surface area contributed by atoms with E-state index in [2.05, 4.69) is 10.2 Å². The van der Waals surface area contributed by atoms with E-state index in [1.807, 2.05) is 0 Å². The highest BCUT2D eigenvalue weighted by molar-refractivity contribution is 5.83. The van der Waals surface area contributed by atoms with Crippen LogP contribution in [0.25, 0.3) is 34.1 Å². The number of non-ortho nitro benzene ring substituents is 1. The number of furan rings is 1. The third-order valence-electron chi connectivity index (χ3n) is 3.50. The molecule has 2 aromatic heterocycles. The average Bonchev–Trinajstić information content (AvgIpc) is 3.20. The minimum absolute atomic E-state index is 0.0664. The summed E-state index contributed by atoms with van der Waals surface area (Å²) in [4.78, 5) is 10.3. The molecule has 0 unspecified atom stereocenters. The van der Waals surface area contributed by atoms with Gasteiger partial charge in [0, 0.05) is 23.1 Å². The van der Waals surface area contributed by atoms with Crippen LogP contribution in [0.1, 0.15) is 0 Å². The predicted octanol–water partition coefficient (Wildman–Crippen LogP) is 3.47. The summed E-state index contributed by atoms with van der Waals surface area (Å²) >= 11 is 0. The van der Waals surface area contributed by atoms with Crippen LogP contribution >= 0.6 is 0 Å². The second-order valence-corrected chi connectivity index (χ2v) is 5.24. The standard InChI is InChI=1S/C16H9N3O6/c20-11-3-9(4-12(21)7-11)15-17-18-16(25-15)14-5-8-1-2-10(19(22)23)6-13(8)24-14/h1-7,20-21H. The van der Waals surface area contributed by atoms with E-state index in [9.17, 15) is 20.3 Å². The smallest absolute Gasteiger partial charge is 0.283 e. The van der Waals surface area contributed by atoms with Gasteiger partial charge < -0.3 is 19.0 Å². The van der Waals surface area contributed by atoms with E-state index in [0.717, 1.165) is 0 Å². The van der Waals surface area contributed by atoms with E-state index in [4.69, 9.17) is 8.83 Å². The second kappa shape index (κ2) is 5.34. The van der Waals surface area contributed by atoms with E-state index >= 15 is 0 Å².